The topological polar surface area (TPSA) is 54.0 Å². The highest BCUT2D eigenvalue weighted by Crippen LogP contribution is 2.31. The van der Waals surface area contributed by atoms with Crippen molar-refractivity contribution < 1.29 is 23.1 Å². The van der Waals surface area contributed by atoms with E-state index in [2.05, 4.69) is 36.4 Å². The maximum absolute atomic E-state index is 12.2. The minimum atomic E-state index is -2.18. The lowest BCUT2D eigenvalue weighted by Crippen LogP contribution is -1.91. The molecule has 2 aromatic carbocycles. The van der Waals surface area contributed by atoms with E-state index in [1.54, 1.807) is 22.7 Å². The molecule has 4 aromatic rings. The van der Waals surface area contributed by atoms with Gasteiger partial charge in [0.15, 0.2) is 0 Å². The molecular formula is C28H30O5PS2+. The Balaban J connectivity index is 1.18. The molecule has 2 aromatic heterocycles. The molecule has 0 saturated carbocycles. The first-order chi connectivity index (χ1) is 17.6. The van der Waals surface area contributed by atoms with Crippen LogP contribution in [0.1, 0.15) is 44.5 Å². The minimum Gasteiger partial charge on any atom is -0.494 e. The van der Waals surface area contributed by atoms with Crippen LogP contribution in [0, 0.1) is 0 Å². The fourth-order valence-electron chi connectivity index (χ4n) is 3.60. The van der Waals surface area contributed by atoms with E-state index in [9.17, 15) is 4.57 Å². The summed E-state index contributed by atoms with van der Waals surface area (Å²) < 4.78 is 34.2. The van der Waals surface area contributed by atoms with Crippen LogP contribution in [0.15, 0.2) is 72.8 Å². The van der Waals surface area contributed by atoms with Crippen LogP contribution in [-0.2, 0) is 39.7 Å². The van der Waals surface area contributed by atoms with E-state index < -0.39 is 8.25 Å². The zero-order valence-corrected chi connectivity index (χ0v) is 23.0. The second-order valence-electron chi connectivity index (χ2n) is 8.01. The molecular weight excluding hydrogens is 511 g/mol. The summed E-state index contributed by atoms with van der Waals surface area (Å²) in [6.07, 6.45) is 1.69. The van der Waals surface area contributed by atoms with E-state index in [4.69, 9.17) is 18.5 Å². The van der Waals surface area contributed by atoms with Gasteiger partial charge in [0.05, 0.1) is 13.2 Å². The molecule has 0 fully saturated rings. The molecule has 0 aliphatic carbocycles. The zero-order valence-electron chi connectivity index (χ0n) is 20.5. The number of ether oxygens (including phenoxy) is 2. The molecule has 0 bridgehead atoms. The van der Waals surface area contributed by atoms with Gasteiger partial charge < -0.3 is 9.47 Å². The maximum atomic E-state index is 12.2. The summed E-state index contributed by atoms with van der Waals surface area (Å²) in [5.74, 6) is 1.77. The van der Waals surface area contributed by atoms with Crippen LogP contribution < -0.4 is 9.47 Å². The smallest absolute Gasteiger partial charge is 0.494 e. The van der Waals surface area contributed by atoms with Crippen molar-refractivity contribution in [2.45, 2.75) is 39.9 Å². The lowest BCUT2D eigenvalue weighted by molar-refractivity contribution is 0.215. The molecule has 0 radical (unpaired) electrons. The molecule has 5 nitrogen and oxygen atoms in total. The van der Waals surface area contributed by atoms with Crippen molar-refractivity contribution in [3.63, 3.8) is 0 Å². The van der Waals surface area contributed by atoms with E-state index >= 15 is 0 Å². The van der Waals surface area contributed by atoms with Crippen LogP contribution in [0.4, 0.5) is 0 Å². The lowest BCUT2D eigenvalue weighted by atomic mass is 10.1. The van der Waals surface area contributed by atoms with Crippen LogP contribution in [0.25, 0.3) is 0 Å². The Labute approximate surface area is 221 Å². The highest BCUT2D eigenvalue weighted by molar-refractivity contribution is 7.33. The Kier molecular flexibility index (Phi) is 10.1. The quantitative estimate of drug-likeness (QED) is 0.151. The van der Waals surface area contributed by atoms with Crippen molar-refractivity contribution >= 4 is 30.9 Å². The van der Waals surface area contributed by atoms with Gasteiger partial charge in [0.25, 0.3) is 0 Å². The fraction of sp³-hybridized carbons (Fsp3) is 0.286. The van der Waals surface area contributed by atoms with Crippen molar-refractivity contribution in [3.05, 3.63) is 103 Å². The van der Waals surface area contributed by atoms with Gasteiger partial charge >= 0.3 is 8.25 Å². The summed E-state index contributed by atoms with van der Waals surface area (Å²) >= 11 is 3.32. The number of thiophene rings is 2. The molecule has 0 aliphatic rings. The SMILES string of the molecule is CCOc1ccc(Cc2ccc(CO[P+](=O)OCc3ccc(Cc4ccc(OCC)cc4)s3)s2)cc1. The van der Waals surface area contributed by atoms with Gasteiger partial charge in [-0.05, 0) is 73.5 Å². The zero-order chi connectivity index (χ0) is 25.2. The maximum Gasteiger partial charge on any atom is 0.698 e. The highest BCUT2D eigenvalue weighted by Gasteiger charge is 2.21. The van der Waals surface area contributed by atoms with Crippen molar-refractivity contribution in [1.29, 1.82) is 0 Å². The average Bonchev–Trinajstić information content (AvgIpc) is 3.53. The summed E-state index contributed by atoms with van der Waals surface area (Å²) in [5, 5.41) is 0. The molecule has 0 amide bonds. The van der Waals surface area contributed by atoms with E-state index in [1.165, 1.54) is 20.9 Å². The summed E-state index contributed by atoms with van der Waals surface area (Å²) in [4.78, 5) is 4.51. The summed E-state index contributed by atoms with van der Waals surface area (Å²) in [5.41, 5.74) is 2.44. The molecule has 0 unspecified atom stereocenters. The molecule has 4 rings (SSSR count). The first-order valence-electron chi connectivity index (χ1n) is 11.9. The second kappa shape index (κ2) is 13.7. The average molecular weight is 542 g/mol. The first kappa shape index (κ1) is 26.5. The Hall–Kier alpha value is -2.54. The molecule has 188 valence electrons. The highest BCUT2D eigenvalue weighted by atomic mass is 32.1. The van der Waals surface area contributed by atoms with Gasteiger partial charge in [-0.1, -0.05) is 24.3 Å². The second-order valence-corrected chi connectivity index (χ2v) is 11.5. The minimum absolute atomic E-state index is 0.274. The van der Waals surface area contributed by atoms with Gasteiger partial charge in [0.1, 0.15) is 24.7 Å². The van der Waals surface area contributed by atoms with E-state index in [0.29, 0.717) is 13.2 Å². The van der Waals surface area contributed by atoms with E-state index in [-0.39, 0.29) is 13.2 Å². The summed E-state index contributed by atoms with van der Waals surface area (Å²) in [7, 11) is -2.18. The predicted octanol–water partition coefficient (Wildman–Crippen LogP) is 8.18. The third-order valence-electron chi connectivity index (χ3n) is 5.28. The van der Waals surface area contributed by atoms with Gasteiger partial charge in [-0.15, -0.1) is 31.7 Å². The number of hydrogen-bond acceptors (Lipinski definition) is 7. The van der Waals surface area contributed by atoms with Crippen molar-refractivity contribution in [2.24, 2.45) is 0 Å². The molecule has 0 N–H and O–H groups in total. The van der Waals surface area contributed by atoms with Gasteiger partial charge in [-0.25, -0.2) is 0 Å². The van der Waals surface area contributed by atoms with E-state index in [0.717, 1.165) is 34.1 Å². The third kappa shape index (κ3) is 8.26. The Morgan fingerprint density at radius 1 is 0.583 bits per heavy atom. The number of rotatable bonds is 14. The van der Waals surface area contributed by atoms with Crippen LogP contribution >= 0.6 is 30.9 Å². The van der Waals surface area contributed by atoms with E-state index in [1.807, 2.05) is 50.2 Å². The molecule has 2 heterocycles. The largest absolute Gasteiger partial charge is 0.698 e. The van der Waals surface area contributed by atoms with Gasteiger partial charge in [-0.3, -0.25) is 0 Å². The van der Waals surface area contributed by atoms with Gasteiger partial charge in [0.2, 0.25) is 0 Å². The number of benzene rings is 2. The van der Waals surface area contributed by atoms with Crippen LogP contribution in [0.3, 0.4) is 0 Å². The van der Waals surface area contributed by atoms with Crippen LogP contribution in [-0.4, -0.2) is 13.2 Å². The summed E-state index contributed by atoms with van der Waals surface area (Å²) in [6, 6.07) is 24.5. The number of hydrogen-bond donors (Lipinski definition) is 0. The Morgan fingerprint density at radius 3 is 1.36 bits per heavy atom. The normalized spacial score (nSPS) is 10.9. The Bertz CT molecular complexity index is 1140. The summed E-state index contributed by atoms with van der Waals surface area (Å²) in [6.45, 7) is 5.84. The molecule has 0 saturated heterocycles. The molecule has 36 heavy (non-hydrogen) atoms. The van der Waals surface area contributed by atoms with Crippen molar-refractivity contribution in [2.75, 3.05) is 13.2 Å². The fourth-order valence-corrected chi connectivity index (χ4v) is 6.27. The first-order valence-corrected chi connectivity index (χ1v) is 14.7. The molecule has 8 heteroatoms. The van der Waals surface area contributed by atoms with Gasteiger partial charge in [0, 0.05) is 36.9 Å². The van der Waals surface area contributed by atoms with Gasteiger partial charge in [-0.2, -0.15) is 0 Å². The van der Waals surface area contributed by atoms with Crippen molar-refractivity contribution in [1.82, 2.24) is 0 Å². The third-order valence-corrected chi connectivity index (χ3v) is 8.08. The predicted molar refractivity (Wildman–Crippen MR) is 147 cm³/mol. The monoisotopic (exact) mass is 541 g/mol. The van der Waals surface area contributed by atoms with Crippen LogP contribution in [0.2, 0.25) is 0 Å². The molecule has 0 atom stereocenters. The molecule has 0 spiro atoms. The standard InChI is InChI=1S/C28H30O5PS2/c1-3-30-23-9-5-21(6-10-23)17-25-13-15-27(35-25)19-32-34(29)33-20-28-16-14-26(36-28)18-22-7-11-24(12-8-22)31-4-2/h5-16H,3-4,17-20H2,1-2H3/q+1. The van der Waals surface area contributed by atoms with Crippen molar-refractivity contribution in [3.8, 4) is 11.5 Å². The Morgan fingerprint density at radius 2 is 0.972 bits per heavy atom. The van der Waals surface area contributed by atoms with Crippen LogP contribution in [0.5, 0.6) is 11.5 Å². The lowest BCUT2D eigenvalue weighted by Gasteiger charge is -2.04. The molecule has 0 aliphatic heterocycles.